The quantitative estimate of drug-likeness (QED) is 0.514. The Morgan fingerprint density at radius 3 is 2.76 bits per heavy atom. The van der Waals surface area contributed by atoms with E-state index in [2.05, 4.69) is 5.32 Å². The van der Waals surface area contributed by atoms with Gasteiger partial charge in [0.05, 0.1) is 12.5 Å². The minimum absolute atomic E-state index is 0.0956. The van der Waals surface area contributed by atoms with Crippen molar-refractivity contribution in [3.05, 3.63) is 12.2 Å². The van der Waals surface area contributed by atoms with E-state index < -0.39 is 11.9 Å². The predicted octanol–water partition coefficient (Wildman–Crippen LogP) is 0.949. The van der Waals surface area contributed by atoms with E-state index in [0.717, 1.165) is 6.42 Å². The first kappa shape index (κ1) is 13.7. The van der Waals surface area contributed by atoms with Gasteiger partial charge in [0.15, 0.2) is 0 Å². The molecule has 2 N–H and O–H groups in total. The normalized spacial score (nSPS) is 22.6. The molecule has 2 atom stereocenters. The van der Waals surface area contributed by atoms with Crippen molar-refractivity contribution in [2.75, 3.05) is 13.2 Å². The van der Waals surface area contributed by atoms with Gasteiger partial charge in [0.2, 0.25) is 5.91 Å². The van der Waals surface area contributed by atoms with Crippen LogP contribution in [0.4, 0.5) is 0 Å². The van der Waals surface area contributed by atoms with Crippen LogP contribution < -0.4 is 5.32 Å². The number of carboxylic acids is 1. The molecule has 1 rings (SSSR count). The number of ether oxygens (including phenoxy) is 1. The van der Waals surface area contributed by atoms with Crippen molar-refractivity contribution in [3.63, 3.8) is 0 Å². The Morgan fingerprint density at radius 2 is 2.18 bits per heavy atom. The van der Waals surface area contributed by atoms with Crippen molar-refractivity contribution in [3.8, 4) is 0 Å². The molecule has 1 aliphatic rings. The third-order valence-corrected chi connectivity index (χ3v) is 2.57. The molecule has 0 aromatic heterocycles. The fourth-order valence-electron chi connectivity index (χ4n) is 1.68. The number of aliphatic carboxylic acids is 1. The van der Waals surface area contributed by atoms with Crippen LogP contribution in [0.25, 0.3) is 0 Å². The number of carboxylic acid groups (broad SMARTS) is 1. The number of amides is 1. The standard InChI is InChI=1S/C12H19NO4/c1-2-6-17-7-5-11(14)13-10-4-3-9(8-10)12(15)16/h3-4,9-10H,2,5-8H2,1H3,(H,13,14)(H,15,16). The fraction of sp³-hybridized carbons (Fsp3) is 0.667. The van der Waals surface area contributed by atoms with Gasteiger partial charge in [0.25, 0.3) is 0 Å². The first-order chi connectivity index (χ1) is 8.13. The molecule has 0 saturated carbocycles. The Labute approximate surface area is 101 Å². The maximum atomic E-state index is 11.5. The molecule has 5 heteroatoms. The molecule has 2 unspecified atom stereocenters. The highest BCUT2D eigenvalue weighted by molar-refractivity contribution is 5.77. The predicted molar refractivity (Wildman–Crippen MR) is 62.5 cm³/mol. The molecule has 0 heterocycles. The minimum Gasteiger partial charge on any atom is -0.481 e. The van der Waals surface area contributed by atoms with Crippen LogP contribution in [0.3, 0.4) is 0 Å². The van der Waals surface area contributed by atoms with E-state index in [4.69, 9.17) is 9.84 Å². The summed E-state index contributed by atoms with van der Waals surface area (Å²) in [7, 11) is 0. The van der Waals surface area contributed by atoms with Gasteiger partial charge < -0.3 is 15.2 Å². The Hall–Kier alpha value is -1.36. The minimum atomic E-state index is -0.843. The van der Waals surface area contributed by atoms with Crippen molar-refractivity contribution in [2.45, 2.75) is 32.2 Å². The van der Waals surface area contributed by atoms with Gasteiger partial charge in [-0.3, -0.25) is 9.59 Å². The number of carbonyl (C=O) groups is 2. The van der Waals surface area contributed by atoms with Crippen molar-refractivity contribution in [2.24, 2.45) is 5.92 Å². The molecular formula is C12H19NO4. The van der Waals surface area contributed by atoms with Crippen LogP contribution >= 0.6 is 0 Å². The van der Waals surface area contributed by atoms with Gasteiger partial charge in [-0.15, -0.1) is 0 Å². The Morgan fingerprint density at radius 1 is 1.41 bits per heavy atom. The third kappa shape index (κ3) is 4.99. The van der Waals surface area contributed by atoms with E-state index >= 15 is 0 Å². The molecule has 0 spiro atoms. The Bertz CT molecular complexity index is 301. The molecule has 0 aromatic carbocycles. The summed E-state index contributed by atoms with van der Waals surface area (Å²) in [6.45, 7) is 3.09. The third-order valence-electron chi connectivity index (χ3n) is 2.57. The lowest BCUT2D eigenvalue weighted by Crippen LogP contribution is -2.33. The van der Waals surface area contributed by atoms with Gasteiger partial charge in [0.1, 0.15) is 0 Å². The van der Waals surface area contributed by atoms with Crippen LogP contribution in [-0.2, 0) is 14.3 Å². The van der Waals surface area contributed by atoms with Crippen LogP contribution in [0.5, 0.6) is 0 Å². The second-order valence-corrected chi connectivity index (χ2v) is 4.10. The molecule has 5 nitrogen and oxygen atoms in total. The summed E-state index contributed by atoms with van der Waals surface area (Å²) in [6.07, 6.45) is 5.07. The summed E-state index contributed by atoms with van der Waals surface area (Å²) in [5, 5.41) is 11.6. The first-order valence-corrected chi connectivity index (χ1v) is 5.91. The average molecular weight is 241 g/mol. The summed E-state index contributed by atoms with van der Waals surface area (Å²) >= 11 is 0. The molecule has 0 radical (unpaired) electrons. The van der Waals surface area contributed by atoms with Crippen LogP contribution in [0.1, 0.15) is 26.2 Å². The smallest absolute Gasteiger partial charge is 0.310 e. The SMILES string of the molecule is CCCOCCC(=O)NC1C=CC(C(=O)O)C1. The second-order valence-electron chi connectivity index (χ2n) is 4.10. The highest BCUT2D eigenvalue weighted by Crippen LogP contribution is 2.17. The summed E-state index contributed by atoms with van der Waals surface area (Å²) in [5.74, 6) is -1.41. The van der Waals surface area contributed by atoms with Crippen LogP contribution in [-0.4, -0.2) is 36.2 Å². The fourth-order valence-corrected chi connectivity index (χ4v) is 1.68. The highest BCUT2D eigenvalue weighted by Gasteiger charge is 2.25. The molecule has 0 fully saturated rings. The van der Waals surface area contributed by atoms with Crippen molar-refractivity contribution in [1.82, 2.24) is 5.32 Å². The van der Waals surface area contributed by atoms with Gasteiger partial charge in [-0.25, -0.2) is 0 Å². The summed E-state index contributed by atoms with van der Waals surface area (Å²) in [6, 6.07) is -0.158. The number of nitrogens with one attached hydrogen (secondary N) is 1. The molecule has 17 heavy (non-hydrogen) atoms. The van der Waals surface area contributed by atoms with Gasteiger partial charge in [0, 0.05) is 19.1 Å². The number of hydrogen-bond acceptors (Lipinski definition) is 3. The van der Waals surface area contributed by atoms with E-state index in [1.54, 1.807) is 12.2 Å². The van der Waals surface area contributed by atoms with Crippen molar-refractivity contribution in [1.29, 1.82) is 0 Å². The number of carbonyl (C=O) groups excluding carboxylic acids is 1. The zero-order valence-corrected chi connectivity index (χ0v) is 10.0. The van der Waals surface area contributed by atoms with Crippen molar-refractivity contribution >= 4 is 11.9 Å². The topological polar surface area (TPSA) is 75.6 Å². The van der Waals surface area contributed by atoms with Gasteiger partial charge in [-0.1, -0.05) is 19.1 Å². The number of hydrogen-bond donors (Lipinski definition) is 2. The van der Waals surface area contributed by atoms with E-state index in [0.29, 0.717) is 26.1 Å². The molecule has 0 bridgehead atoms. The zero-order valence-electron chi connectivity index (χ0n) is 10.0. The Kier molecular flexibility index (Phi) is 5.69. The van der Waals surface area contributed by atoms with E-state index in [1.807, 2.05) is 6.92 Å². The summed E-state index contributed by atoms with van der Waals surface area (Å²) < 4.78 is 5.20. The number of rotatable bonds is 7. The summed E-state index contributed by atoms with van der Waals surface area (Å²) in [4.78, 5) is 22.2. The lowest BCUT2D eigenvalue weighted by Gasteiger charge is -2.12. The maximum Gasteiger partial charge on any atom is 0.310 e. The van der Waals surface area contributed by atoms with Gasteiger partial charge in [-0.2, -0.15) is 0 Å². The van der Waals surface area contributed by atoms with Crippen LogP contribution in [0.15, 0.2) is 12.2 Å². The van der Waals surface area contributed by atoms with Crippen LogP contribution in [0.2, 0.25) is 0 Å². The summed E-state index contributed by atoms with van der Waals surface area (Å²) in [5.41, 5.74) is 0. The molecule has 0 saturated heterocycles. The zero-order chi connectivity index (χ0) is 12.7. The molecule has 96 valence electrons. The van der Waals surface area contributed by atoms with E-state index in [1.165, 1.54) is 0 Å². The lowest BCUT2D eigenvalue weighted by atomic mass is 10.1. The van der Waals surface area contributed by atoms with Gasteiger partial charge >= 0.3 is 5.97 Å². The second kappa shape index (κ2) is 7.06. The molecule has 0 aliphatic heterocycles. The molecule has 1 amide bonds. The highest BCUT2D eigenvalue weighted by atomic mass is 16.5. The molecule has 1 aliphatic carbocycles. The Balaban J connectivity index is 2.16. The monoisotopic (exact) mass is 241 g/mol. The largest absolute Gasteiger partial charge is 0.481 e. The average Bonchev–Trinajstić information content (AvgIpc) is 2.73. The van der Waals surface area contributed by atoms with E-state index in [-0.39, 0.29) is 11.9 Å². The lowest BCUT2D eigenvalue weighted by molar-refractivity contribution is -0.140. The molecule has 0 aromatic rings. The van der Waals surface area contributed by atoms with Gasteiger partial charge in [-0.05, 0) is 12.8 Å². The van der Waals surface area contributed by atoms with E-state index in [9.17, 15) is 9.59 Å². The first-order valence-electron chi connectivity index (χ1n) is 5.91. The van der Waals surface area contributed by atoms with Crippen molar-refractivity contribution < 1.29 is 19.4 Å². The molecular weight excluding hydrogens is 222 g/mol. The van der Waals surface area contributed by atoms with Crippen LogP contribution in [0, 0.1) is 5.92 Å². The maximum absolute atomic E-state index is 11.5.